The lowest BCUT2D eigenvalue weighted by Gasteiger charge is -2.15. The molecule has 0 bridgehead atoms. The van der Waals surface area contributed by atoms with E-state index in [0.29, 0.717) is 16.8 Å². The molecule has 1 aromatic rings. The van der Waals surface area contributed by atoms with E-state index in [0.717, 1.165) is 5.56 Å². The van der Waals surface area contributed by atoms with Gasteiger partial charge in [0.1, 0.15) is 0 Å². The van der Waals surface area contributed by atoms with E-state index in [2.05, 4.69) is 15.9 Å². The van der Waals surface area contributed by atoms with Crippen LogP contribution in [-0.4, -0.2) is 18.8 Å². The molecule has 1 rings (SSSR count). The third-order valence-corrected chi connectivity index (χ3v) is 2.84. The molecule has 1 aromatic carbocycles. The van der Waals surface area contributed by atoms with Gasteiger partial charge in [0, 0.05) is 5.56 Å². The Morgan fingerprint density at radius 1 is 1.57 bits per heavy atom. The van der Waals surface area contributed by atoms with Gasteiger partial charge in [-0.25, -0.2) is 0 Å². The van der Waals surface area contributed by atoms with Gasteiger partial charge in [-0.1, -0.05) is 13.0 Å². The maximum absolute atomic E-state index is 9.71. The molecule has 0 aliphatic rings. The summed E-state index contributed by atoms with van der Waals surface area (Å²) >= 11 is 3.23. The Morgan fingerprint density at radius 2 is 2.21 bits per heavy atom. The molecule has 0 saturated heterocycles. The lowest BCUT2D eigenvalue weighted by atomic mass is 10.00. The molecular weight excluding hydrogens is 246 g/mol. The average Bonchev–Trinajstić information content (AvgIpc) is 2.20. The molecule has 0 aromatic heterocycles. The number of rotatable bonds is 3. The fourth-order valence-corrected chi connectivity index (χ4v) is 1.60. The van der Waals surface area contributed by atoms with E-state index in [-0.39, 0.29) is 11.7 Å². The highest BCUT2D eigenvalue weighted by Crippen LogP contribution is 2.39. The zero-order valence-electron chi connectivity index (χ0n) is 8.25. The summed E-state index contributed by atoms with van der Waals surface area (Å²) in [5, 5.41) is 9.71. The lowest BCUT2D eigenvalue weighted by Crippen LogP contribution is -2.10. The number of ether oxygens (including phenoxy) is 1. The molecule has 0 radical (unpaired) electrons. The zero-order chi connectivity index (χ0) is 10.7. The van der Waals surface area contributed by atoms with Crippen molar-refractivity contribution < 1.29 is 9.84 Å². The van der Waals surface area contributed by atoms with E-state index in [1.54, 1.807) is 6.07 Å². The number of phenolic OH excluding ortho intramolecular Hbond substituents is 1. The molecule has 78 valence electrons. The Bertz CT molecular complexity index is 328. The van der Waals surface area contributed by atoms with Crippen molar-refractivity contribution in [1.29, 1.82) is 0 Å². The molecule has 3 nitrogen and oxygen atoms in total. The monoisotopic (exact) mass is 259 g/mol. The van der Waals surface area contributed by atoms with E-state index in [1.807, 2.05) is 13.0 Å². The van der Waals surface area contributed by atoms with Gasteiger partial charge in [-0.2, -0.15) is 0 Å². The van der Waals surface area contributed by atoms with Gasteiger partial charge in [0.2, 0.25) is 0 Å². The first-order chi connectivity index (χ1) is 6.61. The molecular formula is C10H14BrNO2. The molecule has 0 aliphatic carbocycles. The topological polar surface area (TPSA) is 55.5 Å². The van der Waals surface area contributed by atoms with Gasteiger partial charge >= 0.3 is 0 Å². The normalized spacial score (nSPS) is 12.6. The molecule has 3 N–H and O–H groups in total. The van der Waals surface area contributed by atoms with Crippen molar-refractivity contribution >= 4 is 15.9 Å². The van der Waals surface area contributed by atoms with Crippen LogP contribution in [0.3, 0.4) is 0 Å². The van der Waals surface area contributed by atoms with Crippen molar-refractivity contribution in [2.24, 2.45) is 5.73 Å². The second-order valence-corrected chi connectivity index (χ2v) is 4.01. The third-order valence-electron chi connectivity index (χ3n) is 2.20. The van der Waals surface area contributed by atoms with E-state index >= 15 is 0 Å². The summed E-state index contributed by atoms with van der Waals surface area (Å²) in [4.78, 5) is 0. The van der Waals surface area contributed by atoms with Crippen LogP contribution in [0.25, 0.3) is 0 Å². The Morgan fingerprint density at radius 3 is 2.71 bits per heavy atom. The number of benzene rings is 1. The van der Waals surface area contributed by atoms with Crippen LogP contribution in [0.4, 0.5) is 0 Å². The highest BCUT2D eigenvalue weighted by molar-refractivity contribution is 9.10. The van der Waals surface area contributed by atoms with E-state index < -0.39 is 0 Å². The van der Waals surface area contributed by atoms with Crippen LogP contribution in [-0.2, 0) is 0 Å². The predicted molar refractivity (Wildman–Crippen MR) is 59.8 cm³/mol. The summed E-state index contributed by atoms with van der Waals surface area (Å²) in [6.45, 7) is 2.52. The second-order valence-electron chi connectivity index (χ2n) is 3.16. The van der Waals surface area contributed by atoms with Gasteiger partial charge in [-0.05, 0) is 34.5 Å². The van der Waals surface area contributed by atoms with Gasteiger partial charge < -0.3 is 15.6 Å². The fraction of sp³-hybridized carbons (Fsp3) is 0.400. The Balaban J connectivity index is 3.23. The lowest BCUT2D eigenvalue weighted by molar-refractivity contribution is 0.365. The van der Waals surface area contributed by atoms with Crippen LogP contribution < -0.4 is 10.5 Å². The van der Waals surface area contributed by atoms with Gasteiger partial charge in [-0.15, -0.1) is 0 Å². The highest BCUT2D eigenvalue weighted by Gasteiger charge is 2.15. The summed E-state index contributed by atoms with van der Waals surface area (Å²) in [6, 6.07) is 3.69. The van der Waals surface area contributed by atoms with Crippen molar-refractivity contribution in [3.63, 3.8) is 0 Å². The zero-order valence-corrected chi connectivity index (χ0v) is 9.84. The smallest absolute Gasteiger partial charge is 0.172 e. The molecule has 0 spiro atoms. The SMILES string of the molecule is COc1c(C(C)CN)ccc(Br)c1O. The summed E-state index contributed by atoms with van der Waals surface area (Å²) in [5.41, 5.74) is 6.49. The number of nitrogens with two attached hydrogens (primary N) is 1. The van der Waals surface area contributed by atoms with Crippen LogP contribution in [0.15, 0.2) is 16.6 Å². The number of hydrogen-bond acceptors (Lipinski definition) is 3. The molecule has 0 aliphatic heterocycles. The predicted octanol–water partition coefficient (Wildman–Crippen LogP) is 2.23. The molecule has 1 atom stereocenters. The van der Waals surface area contributed by atoms with Gasteiger partial charge in [-0.3, -0.25) is 0 Å². The number of phenols is 1. The minimum absolute atomic E-state index is 0.130. The summed E-state index contributed by atoms with van der Waals surface area (Å²) in [7, 11) is 1.54. The molecule has 0 amide bonds. The summed E-state index contributed by atoms with van der Waals surface area (Å²) < 4.78 is 5.77. The van der Waals surface area contributed by atoms with Crippen molar-refractivity contribution in [2.45, 2.75) is 12.8 Å². The van der Waals surface area contributed by atoms with Crippen molar-refractivity contribution in [1.82, 2.24) is 0 Å². The molecule has 0 saturated carbocycles. The van der Waals surface area contributed by atoms with Gasteiger partial charge in [0.25, 0.3) is 0 Å². The van der Waals surface area contributed by atoms with Gasteiger partial charge in [0.15, 0.2) is 11.5 Å². The van der Waals surface area contributed by atoms with Gasteiger partial charge in [0.05, 0.1) is 11.6 Å². The fourth-order valence-electron chi connectivity index (χ4n) is 1.29. The van der Waals surface area contributed by atoms with E-state index in [4.69, 9.17) is 10.5 Å². The summed E-state index contributed by atoms with van der Waals surface area (Å²) in [5.74, 6) is 0.798. The largest absolute Gasteiger partial charge is 0.503 e. The first kappa shape index (κ1) is 11.3. The number of halogens is 1. The maximum atomic E-state index is 9.71. The summed E-state index contributed by atoms with van der Waals surface area (Å²) in [6.07, 6.45) is 0. The van der Waals surface area contributed by atoms with Crippen LogP contribution in [0.1, 0.15) is 18.4 Å². The standard InChI is InChI=1S/C10H14BrNO2/c1-6(5-12)7-3-4-8(11)9(13)10(7)14-2/h3-4,6,13H,5,12H2,1-2H3. The minimum atomic E-state index is 0.130. The van der Waals surface area contributed by atoms with Crippen LogP contribution in [0.5, 0.6) is 11.5 Å². The number of aromatic hydroxyl groups is 1. The van der Waals surface area contributed by atoms with Crippen molar-refractivity contribution in [3.8, 4) is 11.5 Å². The van der Waals surface area contributed by atoms with Crippen LogP contribution >= 0.6 is 15.9 Å². The minimum Gasteiger partial charge on any atom is -0.503 e. The molecule has 14 heavy (non-hydrogen) atoms. The van der Waals surface area contributed by atoms with E-state index in [1.165, 1.54) is 7.11 Å². The van der Waals surface area contributed by atoms with Crippen molar-refractivity contribution in [2.75, 3.05) is 13.7 Å². The average molecular weight is 260 g/mol. The quantitative estimate of drug-likeness (QED) is 0.876. The molecule has 4 heteroatoms. The first-order valence-electron chi connectivity index (χ1n) is 4.37. The van der Waals surface area contributed by atoms with Crippen molar-refractivity contribution in [3.05, 3.63) is 22.2 Å². The Kier molecular flexibility index (Phi) is 3.77. The molecule has 1 unspecified atom stereocenters. The maximum Gasteiger partial charge on any atom is 0.172 e. The molecule has 0 heterocycles. The van der Waals surface area contributed by atoms with Crippen LogP contribution in [0, 0.1) is 0 Å². The molecule has 0 fully saturated rings. The van der Waals surface area contributed by atoms with E-state index in [9.17, 15) is 5.11 Å². The number of hydrogen-bond donors (Lipinski definition) is 2. The Hall–Kier alpha value is -0.740. The Labute approximate surface area is 92.0 Å². The highest BCUT2D eigenvalue weighted by atomic mass is 79.9. The third kappa shape index (κ3) is 2.01. The number of methoxy groups -OCH3 is 1. The van der Waals surface area contributed by atoms with Crippen LogP contribution in [0.2, 0.25) is 0 Å². The first-order valence-corrected chi connectivity index (χ1v) is 5.16. The second kappa shape index (κ2) is 4.66.